The number of phenolic OH excluding ortho intramolecular Hbond substituents is 4. The van der Waals surface area contributed by atoms with Crippen LogP contribution in [-0.4, -0.2) is 20.4 Å². The van der Waals surface area contributed by atoms with Crippen molar-refractivity contribution in [3.8, 4) is 23.0 Å². The number of hydrogen-bond donors (Lipinski definition) is 4. The Bertz CT molecular complexity index is 875. The SMILES string of the molecule is Oc1cc(O)c(Cc2ccc(Cc3cc(Cl)c(O)cc3O)cc2)cc1Cl. The molecule has 0 aliphatic rings. The van der Waals surface area contributed by atoms with Gasteiger partial charge in [0.2, 0.25) is 0 Å². The minimum atomic E-state index is -0.157. The van der Waals surface area contributed by atoms with Gasteiger partial charge in [-0.25, -0.2) is 0 Å². The summed E-state index contributed by atoms with van der Waals surface area (Å²) in [7, 11) is 0. The predicted molar refractivity (Wildman–Crippen MR) is 102 cm³/mol. The average molecular weight is 391 g/mol. The second-order valence-electron chi connectivity index (χ2n) is 6.03. The Morgan fingerprint density at radius 3 is 1.23 bits per heavy atom. The van der Waals surface area contributed by atoms with Crippen LogP contribution in [0.4, 0.5) is 0 Å². The molecule has 4 N–H and O–H groups in total. The number of halogens is 2. The molecule has 3 rings (SSSR count). The molecule has 0 unspecified atom stereocenters. The summed E-state index contributed by atoms with van der Waals surface area (Å²) in [5.74, 6) is -0.342. The van der Waals surface area contributed by atoms with Gasteiger partial charge < -0.3 is 20.4 Å². The molecule has 3 aromatic rings. The predicted octanol–water partition coefficient (Wildman–Crippen LogP) is 5.00. The van der Waals surface area contributed by atoms with Crippen LogP contribution in [0.15, 0.2) is 48.5 Å². The second kappa shape index (κ2) is 7.36. The van der Waals surface area contributed by atoms with Crippen molar-refractivity contribution in [2.45, 2.75) is 12.8 Å². The Morgan fingerprint density at radius 2 is 0.885 bits per heavy atom. The van der Waals surface area contributed by atoms with Crippen molar-refractivity contribution < 1.29 is 20.4 Å². The minimum Gasteiger partial charge on any atom is -0.508 e. The third-order valence-corrected chi connectivity index (χ3v) is 4.71. The molecule has 3 aromatic carbocycles. The first-order valence-electron chi connectivity index (χ1n) is 7.82. The molecule has 0 saturated heterocycles. The molecular formula is C20H16Cl2O4. The summed E-state index contributed by atoms with van der Waals surface area (Å²) in [6.07, 6.45) is 0.921. The van der Waals surface area contributed by atoms with Gasteiger partial charge in [-0.1, -0.05) is 47.5 Å². The van der Waals surface area contributed by atoms with Gasteiger partial charge in [0.1, 0.15) is 23.0 Å². The number of rotatable bonds is 4. The van der Waals surface area contributed by atoms with Crippen LogP contribution in [0.2, 0.25) is 10.0 Å². The van der Waals surface area contributed by atoms with Gasteiger partial charge in [0.05, 0.1) is 10.0 Å². The number of aromatic hydroxyl groups is 4. The maximum absolute atomic E-state index is 9.93. The Labute approximate surface area is 160 Å². The van der Waals surface area contributed by atoms with Gasteiger partial charge in [0.15, 0.2) is 0 Å². The molecule has 0 spiro atoms. The van der Waals surface area contributed by atoms with Gasteiger partial charge in [0, 0.05) is 25.0 Å². The lowest BCUT2D eigenvalue weighted by Crippen LogP contribution is -1.93. The molecule has 134 valence electrons. The highest BCUT2D eigenvalue weighted by molar-refractivity contribution is 6.32. The maximum atomic E-state index is 9.93. The highest BCUT2D eigenvalue weighted by Gasteiger charge is 2.10. The smallest absolute Gasteiger partial charge is 0.137 e. The van der Waals surface area contributed by atoms with E-state index in [1.807, 2.05) is 24.3 Å². The van der Waals surface area contributed by atoms with Crippen molar-refractivity contribution in [3.05, 3.63) is 80.8 Å². The monoisotopic (exact) mass is 390 g/mol. The number of phenols is 4. The molecule has 0 fully saturated rings. The lowest BCUT2D eigenvalue weighted by Gasteiger charge is -2.09. The van der Waals surface area contributed by atoms with E-state index in [0.29, 0.717) is 24.0 Å². The normalized spacial score (nSPS) is 10.8. The van der Waals surface area contributed by atoms with Gasteiger partial charge in [-0.05, 0) is 34.4 Å². The fourth-order valence-electron chi connectivity index (χ4n) is 2.68. The van der Waals surface area contributed by atoms with Crippen molar-refractivity contribution in [1.82, 2.24) is 0 Å². The van der Waals surface area contributed by atoms with Gasteiger partial charge in [-0.3, -0.25) is 0 Å². The molecule has 6 heteroatoms. The van der Waals surface area contributed by atoms with Crippen LogP contribution < -0.4 is 0 Å². The van der Waals surface area contributed by atoms with Crippen molar-refractivity contribution in [2.75, 3.05) is 0 Å². The summed E-state index contributed by atoms with van der Waals surface area (Å²) in [6, 6.07) is 13.2. The van der Waals surface area contributed by atoms with E-state index >= 15 is 0 Å². The maximum Gasteiger partial charge on any atom is 0.137 e. The van der Waals surface area contributed by atoms with Crippen LogP contribution >= 0.6 is 23.2 Å². The van der Waals surface area contributed by atoms with E-state index in [9.17, 15) is 20.4 Å². The average Bonchev–Trinajstić information content (AvgIpc) is 2.59. The van der Waals surface area contributed by atoms with E-state index in [2.05, 4.69) is 0 Å². The van der Waals surface area contributed by atoms with Gasteiger partial charge in [0.25, 0.3) is 0 Å². The van der Waals surface area contributed by atoms with Crippen molar-refractivity contribution >= 4 is 23.2 Å². The summed E-state index contributed by atoms with van der Waals surface area (Å²) in [6.45, 7) is 0. The Hall–Kier alpha value is -2.56. The van der Waals surface area contributed by atoms with Crippen LogP contribution in [0.25, 0.3) is 0 Å². The molecule has 0 amide bonds. The van der Waals surface area contributed by atoms with Crippen LogP contribution in [-0.2, 0) is 12.8 Å². The van der Waals surface area contributed by atoms with Gasteiger partial charge in [-0.15, -0.1) is 0 Å². The first-order chi connectivity index (χ1) is 12.3. The molecular weight excluding hydrogens is 375 g/mol. The summed E-state index contributed by atoms with van der Waals surface area (Å²) in [5.41, 5.74) is 3.14. The van der Waals surface area contributed by atoms with Crippen molar-refractivity contribution in [3.63, 3.8) is 0 Å². The van der Waals surface area contributed by atoms with E-state index in [1.54, 1.807) is 0 Å². The second-order valence-corrected chi connectivity index (χ2v) is 6.85. The molecule has 0 aliphatic carbocycles. The number of benzene rings is 3. The molecule has 26 heavy (non-hydrogen) atoms. The Balaban J connectivity index is 1.77. The van der Waals surface area contributed by atoms with E-state index in [4.69, 9.17) is 23.2 Å². The summed E-state index contributed by atoms with van der Waals surface area (Å²) >= 11 is 11.8. The lowest BCUT2D eigenvalue weighted by molar-refractivity contribution is 0.446. The highest BCUT2D eigenvalue weighted by atomic mass is 35.5. The van der Waals surface area contributed by atoms with Crippen molar-refractivity contribution in [2.24, 2.45) is 0 Å². The fourth-order valence-corrected chi connectivity index (χ4v) is 3.05. The van der Waals surface area contributed by atoms with E-state index in [1.165, 1.54) is 24.3 Å². The van der Waals surface area contributed by atoms with E-state index in [0.717, 1.165) is 11.1 Å². The zero-order valence-electron chi connectivity index (χ0n) is 13.6. The molecule has 0 aliphatic heterocycles. The van der Waals surface area contributed by atoms with Gasteiger partial charge in [-0.2, -0.15) is 0 Å². The summed E-state index contributed by atoms with van der Waals surface area (Å²) in [5, 5.41) is 39.2. The fraction of sp³-hybridized carbons (Fsp3) is 0.100. The van der Waals surface area contributed by atoms with E-state index in [-0.39, 0.29) is 33.0 Å². The van der Waals surface area contributed by atoms with E-state index < -0.39 is 0 Å². The topological polar surface area (TPSA) is 80.9 Å². The molecule has 0 saturated carbocycles. The van der Waals surface area contributed by atoms with Crippen LogP contribution in [0, 0.1) is 0 Å². The zero-order chi connectivity index (χ0) is 18.8. The standard InChI is InChI=1S/C20H16Cl2O4/c21-15-7-13(17(23)9-19(15)25)5-11-1-2-12(4-3-11)6-14-8-16(22)20(26)10-18(14)24/h1-4,7-10,23-26H,5-6H2. The molecule has 0 bridgehead atoms. The quantitative estimate of drug-likeness (QED) is 0.505. The lowest BCUT2D eigenvalue weighted by atomic mass is 9.99. The number of hydrogen-bond acceptors (Lipinski definition) is 4. The molecule has 0 heterocycles. The summed E-state index contributed by atoms with van der Waals surface area (Å²) < 4.78 is 0. The third kappa shape index (κ3) is 3.98. The molecule has 0 radical (unpaired) electrons. The largest absolute Gasteiger partial charge is 0.508 e. The summed E-state index contributed by atoms with van der Waals surface area (Å²) in [4.78, 5) is 0. The molecule has 4 nitrogen and oxygen atoms in total. The van der Waals surface area contributed by atoms with Crippen LogP contribution in [0.3, 0.4) is 0 Å². The Morgan fingerprint density at radius 1 is 0.538 bits per heavy atom. The zero-order valence-corrected chi connectivity index (χ0v) is 15.1. The molecule has 0 atom stereocenters. The minimum absolute atomic E-state index is 0.0142. The van der Waals surface area contributed by atoms with Crippen molar-refractivity contribution in [1.29, 1.82) is 0 Å². The highest BCUT2D eigenvalue weighted by Crippen LogP contribution is 2.33. The van der Waals surface area contributed by atoms with Gasteiger partial charge >= 0.3 is 0 Å². The first kappa shape index (κ1) is 18.2. The Kier molecular flexibility index (Phi) is 5.16. The third-order valence-electron chi connectivity index (χ3n) is 4.11. The van der Waals surface area contributed by atoms with Crippen LogP contribution in [0.5, 0.6) is 23.0 Å². The van der Waals surface area contributed by atoms with Crippen LogP contribution in [0.1, 0.15) is 22.3 Å². The molecule has 0 aromatic heterocycles. The first-order valence-corrected chi connectivity index (χ1v) is 8.57.